The van der Waals surface area contributed by atoms with Crippen LogP contribution in [-0.4, -0.2) is 17.6 Å². The Balaban J connectivity index is 2.20. The van der Waals surface area contributed by atoms with Crippen LogP contribution in [0.4, 0.5) is 0 Å². The molecule has 4 heteroatoms. The third-order valence-corrected chi connectivity index (χ3v) is 4.49. The first-order chi connectivity index (χ1) is 9.11. The van der Waals surface area contributed by atoms with Crippen molar-refractivity contribution in [3.63, 3.8) is 0 Å². The van der Waals surface area contributed by atoms with Crippen molar-refractivity contribution in [2.24, 2.45) is 5.73 Å². The highest BCUT2D eigenvalue weighted by Gasteiger charge is 2.09. The molecule has 0 saturated carbocycles. The maximum absolute atomic E-state index is 10.8. The topological polar surface area (TPSA) is 63.3 Å². The predicted molar refractivity (Wildman–Crippen MR) is 78.8 cm³/mol. The van der Waals surface area contributed by atoms with Crippen LogP contribution in [0.15, 0.2) is 36.4 Å². The Morgan fingerprint density at radius 3 is 2.53 bits per heavy atom. The molecule has 3 nitrogen and oxygen atoms in total. The van der Waals surface area contributed by atoms with Gasteiger partial charge in [0.2, 0.25) is 0 Å². The fourth-order valence-corrected chi connectivity index (χ4v) is 3.04. The molecule has 0 aliphatic heterocycles. The van der Waals surface area contributed by atoms with E-state index in [0.29, 0.717) is 18.0 Å². The van der Waals surface area contributed by atoms with Crippen LogP contribution in [-0.2, 0) is 0 Å². The van der Waals surface area contributed by atoms with Crippen molar-refractivity contribution in [1.82, 2.24) is 0 Å². The van der Waals surface area contributed by atoms with Crippen LogP contribution in [0.1, 0.15) is 34.5 Å². The van der Waals surface area contributed by atoms with E-state index in [2.05, 4.69) is 19.1 Å². The molecule has 0 radical (unpaired) electrons. The Morgan fingerprint density at radius 2 is 1.95 bits per heavy atom. The van der Waals surface area contributed by atoms with E-state index in [1.807, 2.05) is 12.1 Å². The van der Waals surface area contributed by atoms with E-state index >= 15 is 0 Å². The zero-order valence-corrected chi connectivity index (χ0v) is 11.6. The van der Waals surface area contributed by atoms with Gasteiger partial charge in [-0.15, -0.1) is 11.3 Å². The second-order valence-electron chi connectivity index (χ2n) is 4.56. The molecular formula is C15H17NO2S. The normalized spacial score (nSPS) is 12.3. The number of hydrogen-bond donors (Lipinski definition) is 2. The number of rotatable bonds is 5. The lowest BCUT2D eigenvalue weighted by Crippen LogP contribution is -2.03. The minimum Gasteiger partial charge on any atom is -0.478 e. The first kappa shape index (κ1) is 13.8. The molecule has 0 bridgehead atoms. The SMILES string of the molecule is CC(CCN)c1ccc(-c2ccc(C(=O)O)cc2)s1. The van der Waals surface area contributed by atoms with Crippen molar-refractivity contribution in [3.8, 4) is 10.4 Å². The molecular weight excluding hydrogens is 258 g/mol. The highest BCUT2D eigenvalue weighted by atomic mass is 32.1. The van der Waals surface area contributed by atoms with Crippen molar-refractivity contribution in [2.75, 3.05) is 6.54 Å². The van der Waals surface area contributed by atoms with Crippen LogP contribution in [0.5, 0.6) is 0 Å². The zero-order valence-electron chi connectivity index (χ0n) is 10.8. The number of carboxylic acids is 1. The molecule has 0 aliphatic rings. The van der Waals surface area contributed by atoms with Crippen LogP contribution in [0.25, 0.3) is 10.4 Å². The highest BCUT2D eigenvalue weighted by Crippen LogP contribution is 2.33. The molecule has 100 valence electrons. The number of aromatic carboxylic acids is 1. The lowest BCUT2D eigenvalue weighted by molar-refractivity contribution is 0.0697. The van der Waals surface area contributed by atoms with Gasteiger partial charge < -0.3 is 10.8 Å². The second-order valence-corrected chi connectivity index (χ2v) is 5.68. The van der Waals surface area contributed by atoms with Crippen LogP contribution >= 0.6 is 11.3 Å². The van der Waals surface area contributed by atoms with Gasteiger partial charge in [0, 0.05) is 9.75 Å². The Bertz CT molecular complexity index is 560. The van der Waals surface area contributed by atoms with E-state index < -0.39 is 5.97 Å². The summed E-state index contributed by atoms with van der Waals surface area (Å²) in [4.78, 5) is 13.3. The largest absolute Gasteiger partial charge is 0.478 e. The first-order valence-corrected chi connectivity index (χ1v) is 7.07. The Kier molecular flexibility index (Phi) is 4.35. The predicted octanol–water partition coefficient (Wildman–Crippen LogP) is 3.57. The quantitative estimate of drug-likeness (QED) is 0.877. The van der Waals surface area contributed by atoms with Crippen molar-refractivity contribution in [1.29, 1.82) is 0 Å². The molecule has 0 aliphatic carbocycles. The van der Waals surface area contributed by atoms with E-state index in [1.54, 1.807) is 23.5 Å². The van der Waals surface area contributed by atoms with Gasteiger partial charge in [-0.3, -0.25) is 0 Å². The van der Waals surface area contributed by atoms with Gasteiger partial charge in [0.15, 0.2) is 0 Å². The van der Waals surface area contributed by atoms with Crippen molar-refractivity contribution >= 4 is 17.3 Å². The molecule has 2 rings (SSSR count). The van der Waals surface area contributed by atoms with Crippen LogP contribution in [0, 0.1) is 0 Å². The zero-order chi connectivity index (χ0) is 13.8. The number of carbonyl (C=O) groups is 1. The summed E-state index contributed by atoms with van der Waals surface area (Å²) in [5, 5.41) is 8.87. The molecule has 1 heterocycles. The molecule has 1 aromatic carbocycles. The summed E-state index contributed by atoms with van der Waals surface area (Å²) in [6, 6.07) is 11.2. The van der Waals surface area contributed by atoms with Crippen molar-refractivity contribution < 1.29 is 9.90 Å². The number of thiophene rings is 1. The third kappa shape index (κ3) is 3.22. The van der Waals surface area contributed by atoms with Crippen molar-refractivity contribution in [2.45, 2.75) is 19.3 Å². The van der Waals surface area contributed by atoms with Gasteiger partial charge in [0.25, 0.3) is 0 Å². The van der Waals surface area contributed by atoms with Gasteiger partial charge in [-0.05, 0) is 48.7 Å². The number of benzene rings is 1. The minimum atomic E-state index is -0.894. The third-order valence-electron chi connectivity index (χ3n) is 3.13. The van der Waals surface area contributed by atoms with E-state index in [1.165, 1.54) is 4.88 Å². The fraction of sp³-hybridized carbons (Fsp3) is 0.267. The molecule has 1 unspecified atom stereocenters. The van der Waals surface area contributed by atoms with Gasteiger partial charge in [0.05, 0.1) is 5.56 Å². The van der Waals surface area contributed by atoms with Crippen LogP contribution < -0.4 is 5.73 Å². The van der Waals surface area contributed by atoms with Gasteiger partial charge in [-0.25, -0.2) is 4.79 Å². The maximum Gasteiger partial charge on any atom is 0.335 e. The summed E-state index contributed by atoms with van der Waals surface area (Å²) in [6.45, 7) is 2.87. The second kappa shape index (κ2) is 5.99. The van der Waals surface area contributed by atoms with Gasteiger partial charge in [-0.2, -0.15) is 0 Å². The Hall–Kier alpha value is -1.65. The molecule has 0 spiro atoms. The molecule has 19 heavy (non-hydrogen) atoms. The summed E-state index contributed by atoms with van der Waals surface area (Å²) in [7, 11) is 0. The first-order valence-electron chi connectivity index (χ1n) is 6.25. The smallest absolute Gasteiger partial charge is 0.335 e. The Morgan fingerprint density at radius 1 is 1.26 bits per heavy atom. The lowest BCUT2D eigenvalue weighted by atomic mass is 10.1. The van der Waals surface area contributed by atoms with Gasteiger partial charge in [-0.1, -0.05) is 19.1 Å². The molecule has 0 fully saturated rings. The summed E-state index contributed by atoms with van der Waals surface area (Å²) < 4.78 is 0. The molecule has 1 aromatic heterocycles. The molecule has 2 aromatic rings. The average molecular weight is 275 g/mol. The summed E-state index contributed by atoms with van der Waals surface area (Å²) in [5.41, 5.74) is 6.95. The summed E-state index contributed by atoms with van der Waals surface area (Å²) in [5.74, 6) is -0.419. The monoisotopic (exact) mass is 275 g/mol. The van der Waals surface area contributed by atoms with E-state index in [9.17, 15) is 4.79 Å². The van der Waals surface area contributed by atoms with Gasteiger partial charge in [0.1, 0.15) is 0 Å². The standard InChI is InChI=1S/C15H17NO2S/c1-10(8-9-16)13-6-7-14(19-13)11-2-4-12(5-3-11)15(17)18/h2-7,10H,8-9,16H2,1H3,(H,17,18). The van der Waals surface area contributed by atoms with E-state index in [4.69, 9.17) is 10.8 Å². The van der Waals surface area contributed by atoms with Crippen molar-refractivity contribution in [3.05, 3.63) is 46.8 Å². The van der Waals surface area contributed by atoms with Crippen LogP contribution in [0.2, 0.25) is 0 Å². The maximum atomic E-state index is 10.8. The van der Waals surface area contributed by atoms with Crippen LogP contribution in [0.3, 0.4) is 0 Å². The highest BCUT2D eigenvalue weighted by molar-refractivity contribution is 7.15. The van der Waals surface area contributed by atoms with E-state index in [-0.39, 0.29) is 0 Å². The molecule has 3 N–H and O–H groups in total. The number of hydrogen-bond acceptors (Lipinski definition) is 3. The molecule has 1 atom stereocenters. The lowest BCUT2D eigenvalue weighted by Gasteiger charge is -2.06. The molecule has 0 amide bonds. The van der Waals surface area contributed by atoms with E-state index in [0.717, 1.165) is 16.9 Å². The summed E-state index contributed by atoms with van der Waals surface area (Å²) >= 11 is 1.75. The van der Waals surface area contributed by atoms with Gasteiger partial charge >= 0.3 is 5.97 Å². The average Bonchev–Trinajstić information content (AvgIpc) is 2.89. The number of carboxylic acid groups (broad SMARTS) is 1. The molecule has 0 saturated heterocycles. The number of nitrogens with two attached hydrogens (primary N) is 1. The fourth-order valence-electron chi connectivity index (χ4n) is 1.94. The minimum absolute atomic E-state index is 0.317. The Labute approximate surface area is 116 Å². The summed E-state index contributed by atoms with van der Waals surface area (Å²) in [6.07, 6.45) is 0.984.